The lowest BCUT2D eigenvalue weighted by Crippen LogP contribution is -2.45. The molecule has 2 fully saturated rings. The monoisotopic (exact) mass is 416 g/mol. The van der Waals surface area contributed by atoms with E-state index in [1.165, 1.54) is 30.5 Å². The molecule has 2 saturated heterocycles. The van der Waals surface area contributed by atoms with Gasteiger partial charge >= 0.3 is 0 Å². The lowest BCUT2D eigenvalue weighted by Gasteiger charge is -2.31. The molecule has 168 valence electrons. The molecular formula is C24H40N4O2. The zero-order valence-electron chi connectivity index (χ0n) is 19.0. The minimum atomic E-state index is 0.144. The number of hydrogen-bond donors (Lipinski definition) is 2. The second-order valence-electron chi connectivity index (χ2n) is 8.53. The van der Waals surface area contributed by atoms with Crippen LogP contribution in [0.25, 0.3) is 0 Å². The van der Waals surface area contributed by atoms with Gasteiger partial charge in [-0.25, -0.2) is 0 Å². The molecule has 6 heteroatoms. The maximum Gasteiger partial charge on any atom is 0.191 e. The number of nitrogens with zero attached hydrogens (tertiary/aromatic N) is 2. The van der Waals surface area contributed by atoms with Crippen LogP contribution in [0.2, 0.25) is 0 Å². The summed E-state index contributed by atoms with van der Waals surface area (Å²) in [7, 11) is 1.78. The number of methoxy groups -OCH3 is 1. The first kappa shape index (κ1) is 23.0. The summed E-state index contributed by atoms with van der Waals surface area (Å²) in [5.74, 6) is 1.34. The molecule has 3 atom stereocenters. The van der Waals surface area contributed by atoms with E-state index in [2.05, 4.69) is 53.6 Å². The fourth-order valence-electron chi connectivity index (χ4n) is 4.55. The molecule has 1 aromatic carbocycles. The molecule has 0 amide bonds. The third-order valence-electron chi connectivity index (χ3n) is 6.27. The summed E-state index contributed by atoms with van der Waals surface area (Å²) in [4.78, 5) is 7.48. The number of aryl methyl sites for hydroxylation is 1. The van der Waals surface area contributed by atoms with E-state index in [4.69, 9.17) is 14.5 Å². The van der Waals surface area contributed by atoms with E-state index < -0.39 is 0 Å². The standard InChI is InChI=1S/C24H40N4O2/c1-4-25-24(27-18-22-8-5-13-28(22)14-16-29-3)26-17-21-7-6-15-30-23(21)20-11-9-19(2)10-12-20/h9-12,21-23H,4-8,13-18H2,1-3H3,(H2,25,26,27). The largest absolute Gasteiger partial charge is 0.383 e. The Kier molecular flexibility index (Phi) is 9.43. The third-order valence-corrected chi connectivity index (χ3v) is 6.27. The van der Waals surface area contributed by atoms with E-state index >= 15 is 0 Å². The smallest absolute Gasteiger partial charge is 0.191 e. The Morgan fingerprint density at radius 3 is 2.80 bits per heavy atom. The average Bonchev–Trinajstić information content (AvgIpc) is 3.22. The van der Waals surface area contributed by atoms with Crippen molar-refractivity contribution in [2.45, 2.75) is 51.7 Å². The number of hydrogen-bond acceptors (Lipinski definition) is 4. The van der Waals surface area contributed by atoms with Gasteiger partial charge in [-0.05, 0) is 51.6 Å². The van der Waals surface area contributed by atoms with Crippen LogP contribution < -0.4 is 10.6 Å². The first-order valence-electron chi connectivity index (χ1n) is 11.6. The minimum absolute atomic E-state index is 0.144. The van der Waals surface area contributed by atoms with Gasteiger partial charge < -0.3 is 20.1 Å². The van der Waals surface area contributed by atoms with Crippen molar-refractivity contribution in [2.75, 3.05) is 53.0 Å². The van der Waals surface area contributed by atoms with Crippen LogP contribution in [0, 0.1) is 12.8 Å². The SMILES string of the molecule is CCNC(=NCC1CCCOC1c1ccc(C)cc1)NCC1CCCN1CCOC. The molecule has 2 heterocycles. The van der Waals surface area contributed by atoms with E-state index in [9.17, 15) is 0 Å². The molecule has 0 aliphatic carbocycles. The molecule has 6 nitrogen and oxygen atoms in total. The first-order valence-corrected chi connectivity index (χ1v) is 11.6. The zero-order valence-corrected chi connectivity index (χ0v) is 19.0. The van der Waals surface area contributed by atoms with Gasteiger partial charge in [0.15, 0.2) is 5.96 Å². The lowest BCUT2D eigenvalue weighted by atomic mass is 9.89. The van der Waals surface area contributed by atoms with Gasteiger partial charge in [0.1, 0.15) is 0 Å². The molecule has 30 heavy (non-hydrogen) atoms. The van der Waals surface area contributed by atoms with Crippen LogP contribution in [0.4, 0.5) is 0 Å². The van der Waals surface area contributed by atoms with Crippen molar-refractivity contribution in [3.63, 3.8) is 0 Å². The average molecular weight is 417 g/mol. The number of guanidine groups is 1. The highest BCUT2D eigenvalue weighted by Gasteiger charge is 2.28. The van der Waals surface area contributed by atoms with Gasteiger partial charge in [0.25, 0.3) is 0 Å². The van der Waals surface area contributed by atoms with Crippen molar-refractivity contribution in [2.24, 2.45) is 10.9 Å². The van der Waals surface area contributed by atoms with Gasteiger partial charge in [0.2, 0.25) is 0 Å². The molecule has 0 radical (unpaired) electrons. The number of likely N-dealkylation sites (tertiary alicyclic amines) is 1. The van der Waals surface area contributed by atoms with Gasteiger partial charge in [-0.3, -0.25) is 9.89 Å². The van der Waals surface area contributed by atoms with E-state index in [-0.39, 0.29) is 6.10 Å². The summed E-state index contributed by atoms with van der Waals surface area (Å²) in [5.41, 5.74) is 2.56. The molecule has 3 rings (SSSR count). The van der Waals surface area contributed by atoms with Crippen molar-refractivity contribution in [1.82, 2.24) is 15.5 Å². The predicted octanol–water partition coefficient (Wildman–Crippen LogP) is 3.13. The molecule has 1 aromatic rings. The van der Waals surface area contributed by atoms with Gasteiger partial charge in [0.05, 0.1) is 12.7 Å². The summed E-state index contributed by atoms with van der Waals surface area (Å²) in [6, 6.07) is 9.33. The topological polar surface area (TPSA) is 58.1 Å². The molecule has 0 saturated carbocycles. The molecule has 3 unspecified atom stereocenters. The number of rotatable bonds is 9. The van der Waals surface area contributed by atoms with E-state index in [0.717, 1.165) is 58.2 Å². The maximum atomic E-state index is 6.17. The summed E-state index contributed by atoms with van der Waals surface area (Å²) >= 11 is 0. The summed E-state index contributed by atoms with van der Waals surface area (Å²) in [5, 5.41) is 7.01. The van der Waals surface area contributed by atoms with Crippen LogP contribution in [-0.2, 0) is 9.47 Å². The normalized spacial score (nSPS) is 25.4. The van der Waals surface area contributed by atoms with Crippen molar-refractivity contribution in [3.8, 4) is 0 Å². The van der Waals surface area contributed by atoms with Crippen molar-refractivity contribution >= 4 is 5.96 Å². The second-order valence-corrected chi connectivity index (χ2v) is 8.53. The zero-order chi connectivity index (χ0) is 21.2. The Morgan fingerprint density at radius 1 is 1.20 bits per heavy atom. The van der Waals surface area contributed by atoms with E-state index in [1.54, 1.807) is 7.11 Å². The number of nitrogens with one attached hydrogen (secondary N) is 2. The van der Waals surface area contributed by atoms with Crippen LogP contribution in [0.1, 0.15) is 49.8 Å². The van der Waals surface area contributed by atoms with Crippen LogP contribution in [0.5, 0.6) is 0 Å². The molecule has 0 spiro atoms. The fourth-order valence-corrected chi connectivity index (χ4v) is 4.55. The summed E-state index contributed by atoms with van der Waals surface area (Å²) in [6.07, 6.45) is 4.92. The third kappa shape index (κ3) is 6.69. The van der Waals surface area contributed by atoms with E-state index in [0.29, 0.717) is 12.0 Å². The van der Waals surface area contributed by atoms with E-state index in [1.807, 2.05) is 0 Å². The molecule has 2 aliphatic rings. The van der Waals surface area contributed by atoms with Crippen molar-refractivity contribution in [3.05, 3.63) is 35.4 Å². The van der Waals surface area contributed by atoms with Crippen LogP contribution in [-0.4, -0.2) is 69.9 Å². The Bertz CT molecular complexity index is 649. The Labute approximate surface area is 182 Å². The number of aliphatic imine (C=N–C) groups is 1. The van der Waals surface area contributed by atoms with Gasteiger partial charge in [-0.15, -0.1) is 0 Å². The highest BCUT2D eigenvalue weighted by atomic mass is 16.5. The molecule has 0 bridgehead atoms. The minimum Gasteiger partial charge on any atom is -0.383 e. The number of benzene rings is 1. The summed E-state index contributed by atoms with van der Waals surface area (Å²) < 4.78 is 11.4. The second kappa shape index (κ2) is 12.3. The van der Waals surface area contributed by atoms with Crippen LogP contribution in [0.15, 0.2) is 29.3 Å². The first-order chi connectivity index (χ1) is 14.7. The van der Waals surface area contributed by atoms with Gasteiger partial charge in [-0.2, -0.15) is 0 Å². The quantitative estimate of drug-likeness (QED) is 0.478. The lowest BCUT2D eigenvalue weighted by molar-refractivity contribution is -0.0250. The predicted molar refractivity (Wildman–Crippen MR) is 123 cm³/mol. The highest BCUT2D eigenvalue weighted by Crippen LogP contribution is 2.34. The Morgan fingerprint density at radius 2 is 2.03 bits per heavy atom. The highest BCUT2D eigenvalue weighted by molar-refractivity contribution is 5.79. The Hall–Kier alpha value is -1.63. The number of ether oxygens (including phenoxy) is 2. The molecule has 2 aliphatic heterocycles. The van der Waals surface area contributed by atoms with Crippen LogP contribution in [0.3, 0.4) is 0 Å². The fraction of sp³-hybridized carbons (Fsp3) is 0.708. The van der Waals surface area contributed by atoms with Crippen molar-refractivity contribution < 1.29 is 9.47 Å². The molecule has 2 N–H and O–H groups in total. The molecular weight excluding hydrogens is 376 g/mol. The Balaban J connectivity index is 1.57. The van der Waals surface area contributed by atoms with Crippen molar-refractivity contribution in [1.29, 1.82) is 0 Å². The molecule has 0 aromatic heterocycles. The van der Waals surface area contributed by atoms with Crippen LogP contribution >= 0.6 is 0 Å². The summed E-state index contributed by atoms with van der Waals surface area (Å²) in [6.45, 7) is 10.6. The maximum absolute atomic E-state index is 6.17. The van der Waals surface area contributed by atoms with Gasteiger partial charge in [-0.1, -0.05) is 29.8 Å². The van der Waals surface area contributed by atoms with Gasteiger partial charge in [0, 0.05) is 51.9 Å².